The van der Waals surface area contributed by atoms with Crippen LogP contribution in [0.3, 0.4) is 0 Å². The lowest BCUT2D eigenvalue weighted by Gasteiger charge is -2.37. The van der Waals surface area contributed by atoms with Crippen LogP contribution in [0.2, 0.25) is 0 Å². The smallest absolute Gasteiger partial charge is 0.267 e. The third kappa shape index (κ3) is 3.74. The summed E-state index contributed by atoms with van der Waals surface area (Å²) < 4.78 is 9.49. The number of piperidine rings is 1. The number of nitrogens with zero attached hydrogens (tertiary/aromatic N) is 3. The van der Waals surface area contributed by atoms with Gasteiger partial charge in [0.05, 0.1) is 5.69 Å². The van der Waals surface area contributed by atoms with E-state index in [4.69, 9.17) is 4.74 Å². The minimum absolute atomic E-state index is 0.121. The van der Waals surface area contributed by atoms with Crippen molar-refractivity contribution in [3.05, 3.63) is 10.6 Å². The normalized spacial score (nSPS) is 21.6. The lowest BCUT2D eigenvalue weighted by atomic mass is 9.80. The molecule has 2 saturated heterocycles. The summed E-state index contributed by atoms with van der Waals surface area (Å²) in [6.07, 6.45) is 4.61. The van der Waals surface area contributed by atoms with Gasteiger partial charge >= 0.3 is 0 Å². The molecule has 3 heterocycles. The maximum atomic E-state index is 12.8. The Hall–Kier alpha value is -1.01. The van der Waals surface area contributed by atoms with Crippen LogP contribution in [0.25, 0.3) is 0 Å². The molecule has 1 aromatic rings. The van der Waals surface area contributed by atoms with E-state index in [1.54, 1.807) is 0 Å². The van der Waals surface area contributed by atoms with E-state index in [9.17, 15) is 4.79 Å². The van der Waals surface area contributed by atoms with Gasteiger partial charge in [0.1, 0.15) is 4.88 Å². The molecule has 1 aromatic heterocycles. The fourth-order valence-electron chi connectivity index (χ4n) is 3.73. The van der Waals surface area contributed by atoms with Crippen molar-refractivity contribution in [3.8, 4) is 0 Å². The fourth-order valence-corrected chi connectivity index (χ4v) is 4.57. The van der Waals surface area contributed by atoms with Crippen molar-refractivity contribution < 1.29 is 9.53 Å². The van der Waals surface area contributed by atoms with E-state index in [0.717, 1.165) is 61.6 Å². The van der Waals surface area contributed by atoms with Gasteiger partial charge in [0.25, 0.3) is 5.91 Å². The highest BCUT2D eigenvalue weighted by Gasteiger charge is 2.33. The Balaban J connectivity index is 1.61. The molecule has 0 spiro atoms. The van der Waals surface area contributed by atoms with Crippen molar-refractivity contribution in [1.29, 1.82) is 0 Å². The zero-order chi connectivity index (χ0) is 16.4. The Morgan fingerprint density at radius 1 is 1.13 bits per heavy atom. The van der Waals surface area contributed by atoms with E-state index in [-0.39, 0.29) is 11.3 Å². The molecule has 0 bridgehead atoms. The van der Waals surface area contributed by atoms with E-state index < -0.39 is 0 Å². The van der Waals surface area contributed by atoms with Crippen molar-refractivity contribution in [2.24, 2.45) is 11.8 Å². The first-order valence-corrected chi connectivity index (χ1v) is 9.44. The number of aromatic nitrogens is 2. The van der Waals surface area contributed by atoms with E-state index in [2.05, 4.69) is 30.4 Å². The largest absolute Gasteiger partial charge is 0.381 e. The molecule has 0 saturated carbocycles. The molecule has 128 valence electrons. The Morgan fingerprint density at radius 2 is 1.74 bits per heavy atom. The SMILES string of the molecule is CC(C)(C)c1nnsc1C(=O)N1CCC(C2CCOCC2)CC1. The Bertz CT molecular complexity index is 538. The summed E-state index contributed by atoms with van der Waals surface area (Å²) in [5.41, 5.74) is 0.692. The average Bonchev–Trinajstić information content (AvgIpc) is 3.05. The topological polar surface area (TPSA) is 55.3 Å². The van der Waals surface area contributed by atoms with Gasteiger partial charge < -0.3 is 9.64 Å². The molecule has 1 amide bonds. The number of ether oxygens (including phenoxy) is 1. The highest BCUT2D eigenvalue weighted by molar-refractivity contribution is 7.08. The molecule has 0 radical (unpaired) electrons. The van der Waals surface area contributed by atoms with Crippen molar-refractivity contribution in [2.45, 2.75) is 51.9 Å². The number of rotatable bonds is 2. The summed E-state index contributed by atoms with van der Waals surface area (Å²) in [4.78, 5) is 15.6. The van der Waals surface area contributed by atoms with Crippen LogP contribution in [0.5, 0.6) is 0 Å². The van der Waals surface area contributed by atoms with Gasteiger partial charge in [0, 0.05) is 31.7 Å². The first kappa shape index (κ1) is 16.8. The number of likely N-dealkylation sites (tertiary alicyclic amines) is 1. The van der Waals surface area contributed by atoms with Gasteiger partial charge in [-0.05, 0) is 49.1 Å². The molecule has 2 aliphatic heterocycles. The molecule has 0 aliphatic carbocycles. The second kappa shape index (κ2) is 6.85. The maximum Gasteiger partial charge on any atom is 0.267 e. The molecule has 0 aromatic carbocycles. The first-order valence-electron chi connectivity index (χ1n) is 8.66. The van der Waals surface area contributed by atoms with Crippen LogP contribution in [-0.4, -0.2) is 46.7 Å². The van der Waals surface area contributed by atoms with Gasteiger partial charge in [-0.3, -0.25) is 4.79 Å². The zero-order valence-corrected chi connectivity index (χ0v) is 15.2. The fraction of sp³-hybridized carbons (Fsp3) is 0.824. The molecule has 0 unspecified atom stereocenters. The Kier molecular flexibility index (Phi) is 5.01. The number of hydrogen-bond acceptors (Lipinski definition) is 5. The van der Waals surface area contributed by atoms with Gasteiger partial charge in [-0.15, -0.1) is 5.10 Å². The van der Waals surface area contributed by atoms with Crippen molar-refractivity contribution in [1.82, 2.24) is 14.5 Å². The summed E-state index contributed by atoms with van der Waals surface area (Å²) in [6.45, 7) is 9.79. The van der Waals surface area contributed by atoms with Crippen LogP contribution in [0.15, 0.2) is 0 Å². The number of hydrogen-bond donors (Lipinski definition) is 0. The predicted octanol–water partition coefficient (Wildman–Crippen LogP) is 3.11. The van der Waals surface area contributed by atoms with Gasteiger partial charge in [0.2, 0.25) is 0 Å². The number of carbonyl (C=O) groups is 1. The quantitative estimate of drug-likeness (QED) is 0.832. The second-order valence-electron chi connectivity index (χ2n) is 7.78. The molecule has 2 fully saturated rings. The van der Waals surface area contributed by atoms with Crippen LogP contribution in [-0.2, 0) is 10.2 Å². The monoisotopic (exact) mass is 337 g/mol. The first-order chi connectivity index (χ1) is 11.0. The van der Waals surface area contributed by atoms with E-state index in [0.29, 0.717) is 0 Å². The summed E-state index contributed by atoms with van der Waals surface area (Å²) in [5, 5.41) is 4.20. The summed E-state index contributed by atoms with van der Waals surface area (Å²) >= 11 is 1.24. The van der Waals surface area contributed by atoms with E-state index in [1.807, 2.05) is 4.90 Å². The average molecular weight is 337 g/mol. The number of carbonyl (C=O) groups excluding carboxylic acids is 1. The van der Waals surface area contributed by atoms with E-state index >= 15 is 0 Å². The molecular weight excluding hydrogens is 310 g/mol. The van der Waals surface area contributed by atoms with Crippen LogP contribution >= 0.6 is 11.5 Å². The van der Waals surface area contributed by atoms with Gasteiger partial charge in [-0.1, -0.05) is 25.3 Å². The molecular formula is C17H27N3O2S. The van der Waals surface area contributed by atoms with Crippen molar-refractivity contribution >= 4 is 17.4 Å². The van der Waals surface area contributed by atoms with Crippen molar-refractivity contribution in [3.63, 3.8) is 0 Å². The van der Waals surface area contributed by atoms with Crippen LogP contribution < -0.4 is 0 Å². The minimum atomic E-state index is -0.140. The summed E-state index contributed by atoms with van der Waals surface area (Å²) in [5.74, 6) is 1.66. The summed E-state index contributed by atoms with van der Waals surface area (Å²) in [7, 11) is 0. The third-order valence-electron chi connectivity index (χ3n) is 5.15. The molecule has 0 N–H and O–H groups in total. The van der Waals surface area contributed by atoms with E-state index in [1.165, 1.54) is 24.4 Å². The van der Waals surface area contributed by atoms with Gasteiger partial charge in [-0.25, -0.2) is 0 Å². The molecule has 23 heavy (non-hydrogen) atoms. The highest BCUT2D eigenvalue weighted by atomic mass is 32.1. The lowest BCUT2D eigenvalue weighted by Crippen LogP contribution is -2.41. The van der Waals surface area contributed by atoms with Crippen LogP contribution in [0.4, 0.5) is 0 Å². The summed E-state index contributed by atoms with van der Waals surface area (Å²) in [6, 6.07) is 0. The van der Waals surface area contributed by atoms with Crippen LogP contribution in [0, 0.1) is 11.8 Å². The predicted molar refractivity (Wildman–Crippen MR) is 90.8 cm³/mol. The maximum absolute atomic E-state index is 12.8. The molecule has 3 rings (SSSR count). The molecule has 2 aliphatic rings. The lowest BCUT2D eigenvalue weighted by molar-refractivity contribution is 0.0288. The third-order valence-corrected chi connectivity index (χ3v) is 5.87. The standard InChI is InChI=1S/C17H27N3O2S/c1-17(2,3)15-14(23-19-18-15)16(21)20-8-4-12(5-9-20)13-6-10-22-11-7-13/h12-13H,4-11H2,1-3H3. The highest BCUT2D eigenvalue weighted by Crippen LogP contribution is 2.33. The minimum Gasteiger partial charge on any atom is -0.381 e. The molecule has 0 atom stereocenters. The molecule has 5 nitrogen and oxygen atoms in total. The van der Waals surface area contributed by atoms with Gasteiger partial charge in [0.15, 0.2) is 0 Å². The Morgan fingerprint density at radius 3 is 2.35 bits per heavy atom. The zero-order valence-electron chi connectivity index (χ0n) is 14.4. The second-order valence-corrected chi connectivity index (χ2v) is 8.53. The van der Waals surface area contributed by atoms with Gasteiger partial charge in [-0.2, -0.15) is 0 Å². The Labute approximate surface area is 142 Å². The van der Waals surface area contributed by atoms with Crippen molar-refractivity contribution in [2.75, 3.05) is 26.3 Å². The number of amides is 1. The molecule has 6 heteroatoms. The van der Waals surface area contributed by atoms with Crippen LogP contribution in [0.1, 0.15) is 61.8 Å².